The van der Waals surface area contributed by atoms with Crippen molar-refractivity contribution in [3.8, 4) is 0 Å². The zero-order valence-electron chi connectivity index (χ0n) is 11.5. The van der Waals surface area contributed by atoms with E-state index in [1.807, 2.05) is 0 Å². The highest BCUT2D eigenvalue weighted by molar-refractivity contribution is 7.89. The number of nitrogens with one attached hydrogen (secondary N) is 1. The molecule has 7 heteroatoms. The van der Waals surface area contributed by atoms with Gasteiger partial charge in [0.2, 0.25) is 10.0 Å². The van der Waals surface area contributed by atoms with Crippen LogP contribution in [0.15, 0.2) is 23.2 Å². The number of sulfonamides is 1. The topological polar surface area (TPSA) is 105 Å². The van der Waals surface area contributed by atoms with Gasteiger partial charge in [-0.15, -0.1) is 0 Å². The van der Waals surface area contributed by atoms with Crippen LogP contribution in [0.3, 0.4) is 0 Å². The third-order valence-electron chi connectivity index (χ3n) is 3.95. The summed E-state index contributed by atoms with van der Waals surface area (Å²) in [6.07, 6.45) is 4.33. The first-order valence-electron chi connectivity index (χ1n) is 6.73. The number of anilines is 1. The van der Waals surface area contributed by atoms with Gasteiger partial charge in [0.15, 0.2) is 0 Å². The van der Waals surface area contributed by atoms with Crippen molar-refractivity contribution in [2.45, 2.75) is 43.0 Å². The molecule has 1 fully saturated rings. The van der Waals surface area contributed by atoms with E-state index in [1.54, 1.807) is 0 Å². The minimum atomic E-state index is -3.69. The molecule has 1 aliphatic carbocycles. The van der Waals surface area contributed by atoms with Crippen LogP contribution in [0, 0.1) is 5.92 Å². The first-order valence-corrected chi connectivity index (χ1v) is 8.22. The number of nitrogens with two attached hydrogens (primary N) is 1. The Morgan fingerprint density at radius 3 is 2.60 bits per heavy atom. The molecule has 20 heavy (non-hydrogen) atoms. The lowest BCUT2D eigenvalue weighted by molar-refractivity contribution is 0.125. The third-order valence-corrected chi connectivity index (χ3v) is 5.52. The Bertz CT molecular complexity index is 549. The Hall–Kier alpha value is -1.18. The zero-order chi connectivity index (χ0) is 14.8. The van der Waals surface area contributed by atoms with Crippen LogP contribution in [0.4, 0.5) is 5.82 Å². The van der Waals surface area contributed by atoms with Gasteiger partial charge in [-0.3, -0.25) is 0 Å². The smallest absolute Gasteiger partial charge is 0.242 e. The highest BCUT2D eigenvalue weighted by Crippen LogP contribution is 2.32. The summed E-state index contributed by atoms with van der Waals surface area (Å²) in [5, 5.41) is 9.62. The van der Waals surface area contributed by atoms with Gasteiger partial charge >= 0.3 is 0 Å². The minimum Gasteiger partial charge on any atom is -0.394 e. The molecule has 2 rings (SSSR count). The number of pyridine rings is 1. The van der Waals surface area contributed by atoms with E-state index in [0.29, 0.717) is 18.8 Å². The molecule has 0 aliphatic heterocycles. The van der Waals surface area contributed by atoms with Gasteiger partial charge in [-0.2, -0.15) is 0 Å². The monoisotopic (exact) mass is 299 g/mol. The van der Waals surface area contributed by atoms with Gasteiger partial charge in [0, 0.05) is 6.20 Å². The van der Waals surface area contributed by atoms with Crippen LogP contribution in [0.1, 0.15) is 32.6 Å². The molecular weight excluding hydrogens is 278 g/mol. The summed E-state index contributed by atoms with van der Waals surface area (Å²) < 4.78 is 27.4. The van der Waals surface area contributed by atoms with Gasteiger partial charge in [-0.25, -0.2) is 18.1 Å². The molecule has 0 amide bonds. The Morgan fingerprint density at radius 2 is 2.10 bits per heavy atom. The molecule has 0 spiro atoms. The molecule has 0 aromatic carbocycles. The van der Waals surface area contributed by atoms with E-state index in [-0.39, 0.29) is 17.3 Å². The van der Waals surface area contributed by atoms with E-state index < -0.39 is 15.6 Å². The lowest BCUT2D eigenvalue weighted by Gasteiger charge is -2.38. The Morgan fingerprint density at radius 1 is 1.45 bits per heavy atom. The van der Waals surface area contributed by atoms with E-state index in [9.17, 15) is 13.5 Å². The van der Waals surface area contributed by atoms with Crippen LogP contribution in [0.5, 0.6) is 0 Å². The van der Waals surface area contributed by atoms with Gasteiger partial charge in [0.05, 0.1) is 12.1 Å². The van der Waals surface area contributed by atoms with E-state index in [4.69, 9.17) is 5.73 Å². The Labute approximate surface area is 119 Å². The number of nitrogen functional groups attached to an aromatic ring is 1. The number of nitrogens with zero attached hydrogens (tertiary/aromatic N) is 1. The highest BCUT2D eigenvalue weighted by atomic mass is 32.2. The second kappa shape index (κ2) is 5.67. The molecule has 0 atom stereocenters. The first kappa shape index (κ1) is 15.2. The Kier molecular flexibility index (Phi) is 4.31. The summed E-state index contributed by atoms with van der Waals surface area (Å²) in [4.78, 5) is 3.86. The van der Waals surface area contributed by atoms with Gasteiger partial charge < -0.3 is 10.8 Å². The van der Waals surface area contributed by atoms with E-state index in [2.05, 4.69) is 16.6 Å². The number of aliphatic hydroxyl groups is 1. The Balaban J connectivity index is 2.20. The predicted octanol–water partition coefficient (Wildman–Crippen LogP) is 0.883. The molecule has 0 unspecified atom stereocenters. The number of aliphatic hydroxyl groups excluding tert-OH is 1. The van der Waals surface area contributed by atoms with Crippen molar-refractivity contribution >= 4 is 15.8 Å². The summed E-state index contributed by atoms with van der Waals surface area (Å²) in [5.41, 5.74) is 4.70. The molecule has 1 heterocycles. The summed E-state index contributed by atoms with van der Waals surface area (Å²) in [6.45, 7) is 1.95. The third kappa shape index (κ3) is 3.28. The lowest BCUT2D eigenvalue weighted by Crippen LogP contribution is -2.53. The average molecular weight is 299 g/mol. The molecule has 0 bridgehead atoms. The SMILES string of the molecule is CC1CCC(CO)(NS(=O)(=O)c2ccc(N)nc2)CC1. The largest absolute Gasteiger partial charge is 0.394 e. The molecule has 6 nitrogen and oxygen atoms in total. The van der Waals surface area contributed by atoms with Gasteiger partial charge in [0.1, 0.15) is 10.7 Å². The summed E-state index contributed by atoms with van der Waals surface area (Å²) >= 11 is 0. The van der Waals surface area contributed by atoms with E-state index in [0.717, 1.165) is 12.8 Å². The lowest BCUT2D eigenvalue weighted by atomic mass is 9.78. The quantitative estimate of drug-likeness (QED) is 0.765. The molecule has 1 aliphatic rings. The highest BCUT2D eigenvalue weighted by Gasteiger charge is 2.37. The van der Waals surface area contributed by atoms with Gasteiger partial charge in [0.25, 0.3) is 0 Å². The molecule has 0 radical (unpaired) electrons. The molecule has 1 aromatic heterocycles. The fraction of sp³-hybridized carbons (Fsp3) is 0.615. The van der Waals surface area contributed by atoms with Crippen molar-refractivity contribution < 1.29 is 13.5 Å². The zero-order valence-corrected chi connectivity index (χ0v) is 12.4. The number of hydrogen-bond donors (Lipinski definition) is 3. The minimum absolute atomic E-state index is 0.0677. The summed E-state index contributed by atoms with van der Waals surface area (Å²) in [5.74, 6) is 0.838. The van der Waals surface area contributed by atoms with Crippen molar-refractivity contribution in [2.75, 3.05) is 12.3 Å². The van der Waals surface area contributed by atoms with Crippen molar-refractivity contribution in [3.63, 3.8) is 0 Å². The van der Waals surface area contributed by atoms with Crippen molar-refractivity contribution in [1.82, 2.24) is 9.71 Å². The van der Waals surface area contributed by atoms with Gasteiger partial charge in [-0.05, 0) is 43.7 Å². The fourth-order valence-electron chi connectivity index (χ4n) is 2.50. The van der Waals surface area contributed by atoms with Crippen molar-refractivity contribution in [1.29, 1.82) is 0 Å². The van der Waals surface area contributed by atoms with Crippen LogP contribution in [0.25, 0.3) is 0 Å². The molecular formula is C13H21N3O3S. The number of hydrogen-bond acceptors (Lipinski definition) is 5. The van der Waals surface area contributed by atoms with Crippen LogP contribution in [-0.4, -0.2) is 30.7 Å². The number of rotatable bonds is 4. The van der Waals surface area contributed by atoms with Crippen LogP contribution < -0.4 is 10.5 Å². The second-order valence-electron chi connectivity index (χ2n) is 5.65. The molecule has 112 valence electrons. The van der Waals surface area contributed by atoms with Crippen LogP contribution in [-0.2, 0) is 10.0 Å². The van der Waals surface area contributed by atoms with Gasteiger partial charge in [-0.1, -0.05) is 6.92 Å². The maximum atomic E-state index is 12.4. The maximum Gasteiger partial charge on any atom is 0.242 e. The van der Waals surface area contributed by atoms with Crippen LogP contribution >= 0.6 is 0 Å². The molecule has 0 saturated heterocycles. The predicted molar refractivity (Wildman–Crippen MR) is 76.4 cm³/mol. The normalized spacial score (nSPS) is 27.4. The summed E-state index contributed by atoms with van der Waals surface area (Å²) in [6, 6.07) is 2.87. The average Bonchev–Trinajstić information content (AvgIpc) is 2.42. The van der Waals surface area contributed by atoms with Crippen LogP contribution in [0.2, 0.25) is 0 Å². The number of aromatic nitrogens is 1. The maximum absolute atomic E-state index is 12.4. The molecule has 1 aromatic rings. The first-order chi connectivity index (χ1) is 9.37. The molecule has 4 N–H and O–H groups in total. The fourth-order valence-corrected chi connectivity index (χ4v) is 3.90. The second-order valence-corrected chi connectivity index (χ2v) is 7.33. The standard InChI is InChI=1S/C13H21N3O3S/c1-10-4-6-13(9-17,7-5-10)16-20(18,19)11-2-3-12(14)15-8-11/h2-3,8,10,16-17H,4-7,9H2,1H3,(H2,14,15). The van der Waals surface area contributed by atoms with E-state index >= 15 is 0 Å². The summed E-state index contributed by atoms with van der Waals surface area (Å²) in [7, 11) is -3.69. The van der Waals surface area contributed by atoms with Crippen molar-refractivity contribution in [2.24, 2.45) is 5.92 Å². The van der Waals surface area contributed by atoms with E-state index in [1.165, 1.54) is 18.3 Å². The van der Waals surface area contributed by atoms with Crippen molar-refractivity contribution in [3.05, 3.63) is 18.3 Å². The molecule has 1 saturated carbocycles.